The van der Waals surface area contributed by atoms with E-state index in [4.69, 9.17) is 16.2 Å². The second-order valence-electron chi connectivity index (χ2n) is 12.7. The lowest BCUT2D eigenvalue weighted by Gasteiger charge is -2.19. The SMILES string of the molecule is Cc1ccc(S(=O)(=O)N(CCc2ccc(-n3c(CCCc4ccccn4)nc4cc(C(F)(F)F)c(Cl)cc43)cc2)C(=O)O)cc1.Cc1ccc(S(=O)(=O)O)cc1. The molecule has 0 unspecified atom stereocenters. The molecule has 0 atom stereocenters. The maximum atomic E-state index is 13.6. The van der Waals surface area contributed by atoms with Gasteiger partial charge in [0.25, 0.3) is 20.1 Å². The lowest BCUT2D eigenvalue weighted by atomic mass is 10.1. The highest BCUT2D eigenvalue weighted by molar-refractivity contribution is 7.89. The summed E-state index contributed by atoms with van der Waals surface area (Å²) in [6, 6.07) is 26.6. The molecule has 0 fully saturated rings. The number of rotatable bonds is 11. The first-order chi connectivity index (χ1) is 26.3. The van der Waals surface area contributed by atoms with Crippen LogP contribution in [0.1, 0.15) is 40.2 Å². The highest BCUT2D eigenvalue weighted by Crippen LogP contribution is 2.38. The maximum absolute atomic E-state index is 13.6. The van der Waals surface area contributed by atoms with Crippen LogP contribution in [0.3, 0.4) is 0 Å². The number of pyridine rings is 1. The van der Waals surface area contributed by atoms with Gasteiger partial charge < -0.3 is 5.11 Å². The molecule has 0 spiro atoms. The number of alkyl halides is 3. The Labute approximate surface area is 326 Å². The number of aryl methyl sites for hydroxylation is 4. The van der Waals surface area contributed by atoms with E-state index in [0.717, 1.165) is 22.9 Å². The summed E-state index contributed by atoms with van der Waals surface area (Å²) in [5, 5.41) is 9.24. The third kappa shape index (κ3) is 10.3. The number of fused-ring (bicyclic) bond motifs is 1. The highest BCUT2D eigenvalue weighted by atomic mass is 35.5. The molecule has 294 valence electrons. The van der Waals surface area contributed by atoms with Gasteiger partial charge in [-0.15, -0.1) is 0 Å². The molecule has 0 saturated heterocycles. The van der Waals surface area contributed by atoms with Crippen molar-refractivity contribution in [3.05, 3.63) is 148 Å². The van der Waals surface area contributed by atoms with Crippen molar-refractivity contribution in [1.82, 2.24) is 18.8 Å². The molecule has 2 heterocycles. The third-order valence-electron chi connectivity index (χ3n) is 8.62. The minimum Gasteiger partial charge on any atom is -0.464 e. The maximum Gasteiger partial charge on any atom is 0.421 e. The largest absolute Gasteiger partial charge is 0.464 e. The average molecular weight is 829 g/mol. The van der Waals surface area contributed by atoms with E-state index in [1.54, 1.807) is 66.2 Å². The van der Waals surface area contributed by atoms with E-state index in [1.807, 2.05) is 25.1 Å². The number of carbonyl (C=O) groups is 1. The monoisotopic (exact) mass is 828 g/mol. The fourth-order valence-corrected chi connectivity index (χ4v) is 7.72. The second kappa shape index (κ2) is 17.2. The summed E-state index contributed by atoms with van der Waals surface area (Å²) in [6.07, 6.45) is -2.73. The van der Waals surface area contributed by atoms with Crippen LogP contribution in [0.2, 0.25) is 5.02 Å². The topological polar surface area (TPSA) is 160 Å². The predicted octanol–water partition coefficient (Wildman–Crippen LogP) is 8.73. The number of hydrogen-bond acceptors (Lipinski definition) is 7. The second-order valence-corrected chi connectivity index (χ2v) is 16.4. The predicted molar refractivity (Wildman–Crippen MR) is 205 cm³/mol. The molecule has 0 aliphatic rings. The molecule has 6 aromatic rings. The van der Waals surface area contributed by atoms with Crippen LogP contribution >= 0.6 is 11.6 Å². The van der Waals surface area contributed by atoms with Gasteiger partial charge >= 0.3 is 12.3 Å². The van der Waals surface area contributed by atoms with Crippen molar-refractivity contribution < 1.29 is 44.5 Å². The van der Waals surface area contributed by atoms with Crippen LogP contribution in [-0.4, -0.2) is 58.0 Å². The minimum absolute atomic E-state index is 0.0666. The smallest absolute Gasteiger partial charge is 0.421 e. The Bertz CT molecular complexity index is 2530. The van der Waals surface area contributed by atoms with Gasteiger partial charge in [-0.05, 0) is 99.3 Å². The number of sulfonamides is 1. The number of imidazole rings is 1. The van der Waals surface area contributed by atoms with Crippen molar-refractivity contribution in [3.8, 4) is 5.69 Å². The average Bonchev–Trinajstić information content (AvgIpc) is 3.48. The Hall–Kier alpha value is -5.29. The Morgan fingerprint density at radius 1 is 0.821 bits per heavy atom. The summed E-state index contributed by atoms with van der Waals surface area (Å²) in [5.41, 5.74) is 3.50. The van der Waals surface area contributed by atoms with Crippen LogP contribution in [-0.2, 0) is 45.6 Å². The van der Waals surface area contributed by atoms with Gasteiger partial charge in [-0.2, -0.15) is 21.6 Å². The van der Waals surface area contributed by atoms with Crippen molar-refractivity contribution >= 4 is 48.9 Å². The molecule has 2 aromatic heterocycles. The first kappa shape index (κ1) is 41.9. The molecule has 0 bridgehead atoms. The molecule has 6 rings (SSSR count). The molecule has 1 amide bonds. The van der Waals surface area contributed by atoms with E-state index in [9.17, 15) is 39.9 Å². The number of halogens is 4. The number of benzene rings is 4. The van der Waals surface area contributed by atoms with Crippen LogP contribution in [0.5, 0.6) is 0 Å². The molecule has 17 heteroatoms. The Morgan fingerprint density at radius 3 is 1.96 bits per heavy atom. The Morgan fingerprint density at radius 2 is 1.43 bits per heavy atom. The van der Waals surface area contributed by atoms with Gasteiger partial charge in [0.2, 0.25) is 0 Å². The van der Waals surface area contributed by atoms with Crippen LogP contribution in [0, 0.1) is 13.8 Å². The van der Waals surface area contributed by atoms with E-state index in [1.165, 1.54) is 30.3 Å². The van der Waals surface area contributed by atoms with E-state index in [0.29, 0.717) is 46.2 Å². The van der Waals surface area contributed by atoms with E-state index in [2.05, 4.69) is 9.97 Å². The zero-order chi connectivity index (χ0) is 40.8. The summed E-state index contributed by atoms with van der Waals surface area (Å²) < 4.78 is 98.6. The van der Waals surface area contributed by atoms with E-state index >= 15 is 0 Å². The van der Waals surface area contributed by atoms with Crippen molar-refractivity contribution in [3.63, 3.8) is 0 Å². The van der Waals surface area contributed by atoms with Gasteiger partial charge in [-0.1, -0.05) is 65.2 Å². The highest BCUT2D eigenvalue weighted by Gasteiger charge is 2.34. The lowest BCUT2D eigenvalue weighted by Crippen LogP contribution is -2.37. The van der Waals surface area contributed by atoms with Crippen molar-refractivity contribution in [1.29, 1.82) is 0 Å². The normalized spacial score (nSPS) is 11.9. The van der Waals surface area contributed by atoms with Gasteiger partial charge in [0.1, 0.15) is 5.82 Å². The first-order valence-corrected chi connectivity index (χ1v) is 20.2. The quantitative estimate of drug-likeness (QED) is 0.122. The summed E-state index contributed by atoms with van der Waals surface area (Å²) in [4.78, 5) is 20.6. The van der Waals surface area contributed by atoms with E-state index in [-0.39, 0.29) is 28.3 Å². The Balaban J connectivity index is 0.000000470. The number of nitrogens with zero attached hydrogens (tertiary/aromatic N) is 4. The van der Waals surface area contributed by atoms with Gasteiger partial charge in [-0.3, -0.25) is 14.1 Å². The molecule has 11 nitrogen and oxygen atoms in total. The van der Waals surface area contributed by atoms with Crippen molar-refractivity contribution in [2.45, 2.75) is 55.5 Å². The van der Waals surface area contributed by atoms with Crippen LogP contribution in [0.25, 0.3) is 16.7 Å². The molecule has 0 saturated carbocycles. The fraction of sp³-hybridized carbons (Fsp3) is 0.205. The molecule has 4 aromatic carbocycles. The van der Waals surface area contributed by atoms with Crippen LogP contribution in [0.15, 0.2) is 119 Å². The van der Waals surface area contributed by atoms with Gasteiger partial charge in [0, 0.05) is 30.5 Å². The summed E-state index contributed by atoms with van der Waals surface area (Å²) >= 11 is 6.08. The van der Waals surface area contributed by atoms with Gasteiger partial charge in [0.05, 0.1) is 31.4 Å². The zero-order valence-corrected chi connectivity index (χ0v) is 32.4. The molecule has 0 aliphatic heterocycles. The summed E-state index contributed by atoms with van der Waals surface area (Å²) in [7, 11) is -8.30. The molecule has 0 aliphatic carbocycles. The molecule has 2 N–H and O–H groups in total. The van der Waals surface area contributed by atoms with Crippen LogP contribution < -0.4 is 0 Å². The van der Waals surface area contributed by atoms with Gasteiger partial charge in [-0.25, -0.2) is 22.5 Å². The number of hydrogen-bond donors (Lipinski definition) is 2. The summed E-state index contributed by atoms with van der Waals surface area (Å²) in [5.74, 6) is 0.533. The standard InChI is InChI=1S/C32H28ClF3N4O4S.C7H8O3S/c1-21-8-14-25(15-9-21)45(43,44)39(31(41)42)18-16-22-10-12-24(13-11-22)40-29-20-27(33)26(32(34,35)36)19-28(29)38-30(40)7-4-6-23-5-2-3-17-37-23;1-6-2-4-7(5-3-6)11(8,9)10/h2-3,5,8-15,17,19-20H,4,6-7,16,18H2,1H3,(H,41,42);2-5H,1H3,(H,8,9,10). The molecule has 0 radical (unpaired) electrons. The zero-order valence-electron chi connectivity index (χ0n) is 30.0. The van der Waals surface area contributed by atoms with Crippen LogP contribution in [0.4, 0.5) is 18.0 Å². The number of amides is 1. The summed E-state index contributed by atoms with van der Waals surface area (Å²) in [6.45, 7) is 3.32. The fourth-order valence-electron chi connectivity index (χ4n) is 5.70. The third-order valence-corrected chi connectivity index (χ3v) is 11.6. The molecular formula is C39H36ClF3N4O7S2. The van der Waals surface area contributed by atoms with Gasteiger partial charge in [0.15, 0.2) is 0 Å². The minimum atomic E-state index is -4.65. The van der Waals surface area contributed by atoms with Crippen molar-refractivity contribution in [2.24, 2.45) is 0 Å². The molecule has 56 heavy (non-hydrogen) atoms. The van der Waals surface area contributed by atoms with E-state index < -0.39 is 43.0 Å². The number of aromatic nitrogens is 3. The lowest BCUT2D eigenvalue weighted by molar-refractivity contribution is -0.137. The van der Waals surface area contributed by atoms with Crippen molar-refractivity contribution in [2.75, 3.05) is 6.54 Å². The number of carboxylic acid groups (broad SMARTS) is 1. The first-order valence-electron chi connectivity index (χ1n) is 17.0. The molecular weight excluding hydrogens is 793 g/mol. The Kier molecular flexibility index (Phi) is 12.9.